The number of hydrogen-bond donors (Lipinski definition) is 1. The minimum atomic E-state index is -0.629. The maximum absolute atomic E-state index is 13.2. The van der Waals surface area contributed by atoms with Crippen molar-refractivity contribution in [2.75, 3.05) is 19.6 Å². The van der Waals surface area contributed by atoms with Crippen molar-refractivity contribution in [1.29, 1.82) is 0 Å². The van der Waals surface area contributed by atoms with Crippen LogP contribution in [0.4, 0.5) is 4.39 Å². The van der Waals surface area contributed by atoms with Crippen LogP contribution in [-0.4, -0.2) is 45.6 Å². The van der Waals surface area contributed by atoms with E-state index in [1.807, 2.05) is 23.0 Å². The fraction of sp³-hybridized carbons (Fsp3) is 0.562. The first-order valence-electron chi connectivity index (χ1n) is 7.64. The Labute approximate surface area is 124 Å². The van der Waals surface area contributed by atoms with Crippen LogP contribution in [0.15, 0.2) is 36.6 Å². The highest BCUT2D eigenvalue weighted by atomic mass is 19.1. The number of hydrogen-bond acceptors (Lipinski definition) is 3. The topological polar surface area (TPSA) is 41.3 Å². The molecule has 0 spiro atoms. The second-order valence-electron chi connectivity index (χ2n) is 5.98. The molecule has 1 N–H and O–H groups in total. The summed E-state index contributed by atoms with van der Waals surface area (Å²) in [7, 11) is 0. The average molecular weight is 291 g/mol. The Balaban J connectivity index is 1.69. The zero-order valence-electron chi connectivity index (χ0n) is 12.2. The first kappa shape index (κ1) is 14.3. The van der Waals surface area contributed by atoms with E-state index in [4.69, 9.17) is 0 Å². The highest BCUT2D eigenvalue weighted by Gasteiger charge is 2.31. The molecule has 0 aromatic carbocycles. The molecule has 2 aliphatic rings. The number of alkyl halides is 1. The van der Waals surface area contributed by atoms with Crippen molar-refractivity contribution in [1.82, 2.24) is 14.7 Å². The molecular weight excluding hydrogens is 269 g/mol. The summed E-state index contributed by atoms with van der Waals surface area (Å²) < 4.78 is 15.1. The maximum atomic E-state index is 13.2. The van der Waals surface area contributed by atoms with Gasteiger partial charge in [-0.2, -0.15) is 0 Å². The van der Waals surface area contributed by atoms with Crippen LogP contribution in [-0.2, 0) is 5.54 Å². The predicted molar refractivity (Wildman–Crippen MR) is 79.9 cm³/mol. The largest absolute Gasteiger partial charge is 0.492 e. The van der Waals surface area contributed by atoms with E-state index in [0.717, 1.165) is 32.5 Å². The van der Waals surface area contributed by atoms with Gasteiger partial charge in [-0.25, -0.2) is 4.39 Å². The molecule has 5 heteroatoms. The number of allylic oxidation sites excluding steroid dienone is 4. The fourth-order valence-corrected chi connectivity index (χ4v) is 3.16. The van der Waals surface area contributed by atoms with E-state index in [9.17, 15) is 9.50 Å². The molecule has 114 valence electrons. The van der Waals surface area contributed by atoms with Crippen LogP contribution in [0.3, 0.4) is 0 Å². The molecule has 1 unspecified atom stereocenters. The number of halogens is 1. The van der Waals surface area contributed by atoms with Crippen LogP contribution >= 0.6 is 0 Å². The van der Waals surface area contributed by atoms with E-state index in [-0.39, 0.29) is 11.4 Å². The second-order valence-corrected chi connectivity index (χ2v) is 5.98. The van der Waals surface area contributed by atoms with Crippen molar-refractivity contribution in [2.24, 2.45) is 0 Å². The Morgan fingerprint density at radius 3 is 2.76 bits per heavy atom. The molecule has 0 bridgehead atoms. The van der Waals surface area contributed by atoms with Crippen LogP contribution in [0.1, 0.15) is 25.7 Å². The van der Waals surface area contributed by atoms with Crippen LogP contribution in [0.25, 0.3) is 0 Å². The summed E-state index contributed by atoms with van der Waals surface area (Å²) in [6, 6.07) is 1.61. The summed E-state index contributed by atoms with van der Waals surface area (Å²) in [5, 5.41) is 13.7. The van der Waals surface area contributed by atoms with Gasteiger partial charge in [-0.3, -0.25) is 4.68 Å². The monoisotopic (exact) mass is 291 g/mol. The second kappa shape index (κ2) is 6.02. The van der Waals surface area contributed by atoms with Crippen molar-refractivity contribution in [3.8, 4) is 5.88 Å². The zero-order chi connectivity index (χ0) is 14.7. The minimum Gasteiger partial charge on any atom is -0.492 e. The summed E-state index contributed by atoms with van der Waals surface area (Å²) in [5.41, 5.74) is -0.220. The average Bonchev–Trinajstić information content (AvgIpc) is 2.95. The molecule has 0 radical (unpaired) electrons. The van der Waals surface area contributed by atoms with Crippen LogP contribution < -0.4 is 0 Å². The molecule has 21 heavy (non-hydrogen) atoms. The summed E-state index contributed by atoms with van der Waals surface area (Å²) >= 11 is 0. The summed E-state index contributed by atoms with van der Waals surface area (Å²) in [6.45, 7) is 2.59. The molecule has 1 aliphatic heterocycles. The zero-order valence-corrected chi connectivity index (χ0v) is 12.2. The first-order chi connectivity index (χ1) is 10.2. The van der Waals surface area contributed by atoms with Gasteiger partial charge in [0.15, 0.2) is 0 Å². The van der Waals surface area contributed by atoms with Gasteiger partial charge < -0.3 is 10.0 Å². The number of piperidine rings is 1. The van der Waals surface area contributed by atoms with E-state index < -0.39 is 6.17 Å². The van der Waals surface area contributed by atoms with E-state index in [1.165, 1.54) is 0 Å². The number of rotatable bonds is 4. The van der Waals surface area contributed by atoms with Crippen LogP contribution in [0, 0.1) is 0 Å². The fourth-order valence-electron chi connectivity index (χ4n) is 3.16. The van der Waals surface area contributed by atoms with Gasteiger partial charge in [-0.1, -0.05) is 24.3 Å². The smallest absolute Gasteiger partial charge is 0.230 e. The molecule has 0 saturated carbocycles. The molecule has 4 nitrogen and oxygen atoms in total. The molecule has 1 fully saturated rings. The molecule has 0 amide bonds. The highest BCUT2D eigenvalue weighted by Crippen LogP contribution is 2.31. The summed E-state index contributed by atoms with van der Waals surface area (Å²) in [4.78, 5) is 2.33. The number of likely N-dealkylation sites (tertiary alicyclic amines) is 1. The molecule has 1 aromatic heterocycles. The van der Waals surface area contributed by atoms with E-state index >= 15 is 0 Å². The predicted octanol–water partition coefficient (Wildman–Crippen LogP) is 2.62. The lowest BCUT2D eigenvalue weighted by atomic mass is 9.87. The molecule has 2 heterocycles. The number of aromatic nitrogens is 2. The third-order valence-electron chi connectivity index (χ3n) is 4.53. The molecular formula is C16H22FN3O. The van der Waals surface area contributed by atoms with E-state index in [1.54, 1.807) is 6.07 Å². The lowest BCUT2D eigenvalue weighted by Gasteiger charge is -2.35. The number of aromatic hydroxyl groups is 1. The lowest BCUT2D eigenvalue weighted by Crippen LogP contribution is -2.40. The third kappa shape index (κ3) is 3.18. The minimum absolute atomic E-state index is 0.0515. The van der Waals surface area contributed by atoms with Gasteiger partial charge in [0.05, 0.1) is 5.54 Å². The van der Waals surface area contributed by atoms with Crippen LogP contribution in [0.2, 0.25) is 0 Å². The van der Waals surface area contributed by atoms with Gasteiger partial charge in [0.25, 0.3) is 0 Å². The molecule has 1 aromatic rings. The molecule has 1 saturated heterocycles. The first-order valence-corrected chi connectivity index (χ1v) is 7.64. The number of nitrogens with zero attached hydrogens (tertiary/aromatic N) is 3. The van der Waals surface area contributed by atoms with E-state index in [2.05, 4.69) is 22.2 Å². The quantitative estimate of drug-likeness (QED) is 0.927. The summed E-state index contributed by atoms with van der Waals surface area (Å²) in [6.07, 6.45) is 12.6. The van der Waals surface area contributed by atoms with Crippen molar-refractivity contribution in [2.45, 2.75) is 37.4 Å². The molecule has 3 rings (SSSR count). The third-order valence-corrected chi connectivity index (χ3v) is 4.53. The van der Waals surface area contributed by atoms with Gasteiger partial charge >= 0.3 is 0 Å². The van der Waals surface area contributed by atoms with Gasteiger partial charge in [-0.15, -0.1) is 5.10 Å². The Hall–Kier alpha value is -1.62. The van der Waals surface area contributed by atoms with Gasteiger partial charge in [0.1, 0.15) is 6.17 Å². The SMILES string of the molecule is Oc1ccn(C2(CCN3CCC(F)CC3)C=CC=CC2)n1. The Morgan fingerprint density at radius 1 is 1.33 bits per heavy atom. The molecule has 1 aliphatic carbocycles. The Bertz CT molecular complexity index is 531. The van der Waals surface area contributed by atoms with Crippen molar-refractivity contribution >= 4 is 0 Å². The Kier molecular flexibility index (Phi) is 4.10. The van der Waals surface area contributed by atoms with Gasteiger partial charge in [0.2, 0.25) is 5.88 Å². The maximum Gasteiger partial charge on any atom is 0.230 e. The summed E-state index contributed by atoms with van der Waals surface area (Å²) in [5.74, 6) is 0.0515. The van der Waals surface area contributed by atoms with Crippen molar-refractivity contribution in [3.05, 3.63) is 36.6 Å². The van der Waals surface area contributed by atoms with E-state index in [0.29, 0.717) is 12.8 Å². The normalized spacial score (nSPS) is 27.3. The standard InChI is InChI=1S/C16H22FN3O/c17-14-4-10-19(11-5-14)13-9-16(7-2-1-3-8-16)20-12-6-15(21)18-20/h1-3,6-7,12,14H,4-5,8-11,13H2,(H,18,21). The van der Waals surface area contributed by atoms with Gasteiger partial charge in [0, 0.05) is 31.9 Å². The molecule has 1 atom stereocenters. The van der Waals surface area contributed by atoms with Crippen LogP contribution in [0.5, 0.6) is 5.88 Å². The Morgan fingerprint density at radius 2 is 2.14 bits per heavy atom. The highest BCUT2D eigenvalue weighted by molar-refractivity contribution is 5.20. The van der Waals surface area contributed by atoms with Gasteiger partial charge in [-0.05, 0) is 25.7 Å². The lowest BCUT2D eigenvalue weighted by molar-refractivity contribution is 0.135. The van der Waals surface area contributed by atoms with Crippen molar-refractivity contribution in [3.63, 3.8) is 0 Å². The van der Waals surface area contributed by atoms with Crippen molar-refractivity contribution < 1.29 is 9.50 Å².